The van der Waals surface area contributed by atoms with E-state index in [2.05, 4.69) is 26.1 Å². The Balaban J connectivity index is 2.18. The van der Waals surface area contributed by atoms with Crippen LogP contribution in [0.4, 0.5) is 5.69 Å². The fraction of sp³-hybridized carbons (Fsp3) is 0.611. The standard InChI is InChI=1S/C18H27NO2/c1-12-11-13(17(20)21)9-10-15(12)19-16-8-6-5-7-14(16)18(2,3)4/h9-11,14,16,19H,5-8H2,1-4H3,(H,20,21). The van der Waals surface area contributed by atoms with Crippen molar-refractivity contribution in [3.63, 3.8) is 0 Å². The third kappa shape index (κ3) is 3.78. The average Bonchev–Trinajstić information content (AvgIpc) is 2.40. The van der Waals surface area contributed by atoms with Crippen molar-refractivity contribution in [2.24, 2.45) is 11.3 Å². The van der Waals surface area contributed by atoms with E-state index in [1.165, 1.54) is 25.7 Å². The van der Waals surface area contributed by atoms with Crippen LogP contribution in [0.15, 0.2) is 18.2 Å². The van der Waals surface area contributed by atoms with E-state index in [4.69, 9.17) is 5.11 Å². The molecule has 3 nitrogen and oxygen atoms in total. The second kappa shape index (κ2) is 6.08. The van der Waals surface area contributed by atoms with Gasteiger partial charge < -0.3 is 10.4 Å². The molecule has 1 aromatic rings. The molecule has 0 spiro atoms. The summed E-state index contributed by atoms with van der Waals surface area (Å²) in [5.41, 5.74) is 2.73. The summed E-state index contributed by atoms with van der Waals surface area (Å²) in [6, 6.07) is 5.83. The molecule has 1 aliphatic rings. The number of hydrogen-bond acceptors (Lipinski definition) is 2. The molecule has 0 aliphatic heterocycles. The molecule has 116 valence electrons. The molecule has 2 atom stereocenters. The van der Waals surface area contributed by atoms with Crippen LogP contribution in [0, 0.1) is 18.3 Å². The fourth-order valence-corrected chi connectivity index (χ4v) is 3.50. The minimum absolute atomic E-state index is 0.299. The summed E-state index contributed by atoms with van der Waals surface area (Å²) in [4.78, 5) is 11.0. The molecule has 2 unspecified atom stereocenters. The summed E-state index contributed by atoms with van der Waals surface area (Å²) in [5, 5.41) is 12.7. The van der Waals surface area contributed by atoms with E-state index in [9.17, 15) is 4.79 Å². The molecule has 2 rings (SSSR count). The van der Waals surface area contributed by atoms with Crippen molar-refractivity contribution in [1.82, 2.24) is 0 Å². The molecule has 3 heteroatoms. The Morgan fingerprint density at radius 2 is 1.90 bits per heavy atom. The zero-order valence-corrected chi connectivity index (χ0v) is 13.6. The first kappa shape index (κ1) is 15.9. The van der Waals surface area contributed by atoms with Gasteiger partial charge in [0, 0.05) is 11.7 Å². The van der Waals surface area contributed by atoms with E-state index in [0.717, 1.165) is 11.3 Å². The maximum atomic E-state index is 11.0. The predicted molar refractivity (Wildman–Crippen MR) is 87.0 cm³/mol. The lowest BCUT2D eigenvalue weighted by atomic mass is 9.69. The highest BCUT2D eigenvalue weighted by molar-refractivity contribution is 5.88. The highest BCUT2D eigenvalue weighted by atomic mass is 16.4. The van der Waals surface area contributed by atoms with Crippen LogP contribution in [-0.4, -0.2) is 17.1 Å². The number of nitrogens with one attached hydrogen (secondary N) is 1. The Morgan fingerprint density at radius 3 is 2.48 bits per heavy atom. The van der Waals surface area contributed by atoms with Gasteiger partial charge in [-0.1, -0.05) is 33.6 Å². The van der Waals surface area contributed by atoms with Gasteiger partial charge in [-0.15, -0.1) is 0 Å². The molecule has 21 heavy (non-hydrogen) atoms. The monoisotopic (exact) mass is 289 g/mol. The molecule has 1 saturated carbocycles. The largest absolute Gasteiger partial charge is 0.478 e. The van der Waals surface area contributed by atoms with Gasteiger partial charge in [-0.2, -0.15) is 0 Å². The van der Waals surface area contributed by atoms with Crippen LogP contribution in [0.5, 0.6) is 0 Å². The first-order valence-electron chi connectivity index (χ1n) is 7.89. The fourth-order valence-electron chi connectivity index (χ4n) is 3.50. The summed E-state index contributed by atoms with van der Waals surface area (Å²) in [6.07, 6.45) is 5.06. The van der Waals surface area contributed by atoms with Crippen LogP contribution in [0.3, 0.4) is 0 Å². The Morgan fingerprint density at radius 1 is 1.24 bits per heavy atom. The second-order valence-corrected chi connectivity index (χ2v) is 7.34. The molecule has 2 N–H and O–H groups in total. The van der Waals surface area contributed by atoms with Gasteiger partial charge >= 0.3 is 5.97 Å². The number of carbonyl (C=O) groups is 1. The minimum Gasteiger partial charge on any atom is -0.478 e. The second-order valence-electron chi connectivity index (χ2n) is 7.34. The number of anilines is 1. The first-order chi connectivity index (χ1) is 9.79. The summed E-state index contributed by atoms with van der Waals surface area (Å²) in [7, 11) is 0. The van der Waals surface area contributed by atoms with Gasteiger partial charge in [0.15, 0.2) is 0 Å². The van der Waals surface area contributed by atoms with E-state index in [0.29, 0.717) is 22.9 Å². The molecule has 0 saturated heterocycles. The lowest BCUT2D eigenvalue weighted by Crippen LogP contribution is -2.39. The van der Waals surface area contributed by atoms with Crippen molar-refractivity contribution < 1.29 is 9.90 Å². The van der Waals surface area contributed by atoms with Gasteiger partial charge in [0.1, 0.15) is 0 Å². The van der Waals surface area contributed by atoms with Crippen LogP contribution in [0.2, 0.25) is 0 Å². The first-order valence-corrected chi connectivity index (χ1v) is 7.89. The summed E-state index contributed by atoms with van der Waals surface area (Å²) in [5.74, 6) is -0.209. The van der Waals surface area contributed by atoms with Gasteiger partial charge in [0.25, 0.3) is 0 Å². The number of aromatic carboxylic acids is 1. The van der Waals surface area contributed by atoms with Crippen LogP contribution in [-0.2, 0) is 0 Å². The van der Waals surface area contributed by atoms with Crippen molar-refractivity contribution in [3.05, 3.63) is 29.3 Å². The van der Waals surface area contributed by atoms with E-state index in [1.807, 2.05) is 13.0 Å². The Kier molecular flexibility index (Phi) is 4.60. The van der Waals surface area contributed by atoms with Gasteiger partial charge in [0.05, 0.1) is 5.56 Å². The summed E-state index contributed by atoms with van der Waals surface area (Å²) < 4.78 is 0. The quantitative estimate of drug-likeness (QED) is 0.847. The topological polar surface area (TPSA) is 49.3 Å². The Bertz CT molecular complexity index is 516. The number of benzene rings is 1. The molecule has 1 aromatic carbocycles. The van der Waals surface area contributed by atoms with Gasteiger partial charge in [-0.25, -0.2) is 4.79 Å². The van der Waals surface area contributed by atoms with Crippen molar-refractivity contribution in [2.75, 3.05) is 5.32 Å². The zero-order chi connectivity index (χ0) is 15.6. The molecule has 0 bridgehead atoms. The zero-order valence-electron chi connectivity index (χ0n) is 13.6. The van der Waals surface area contributed by atoms with Crippen molar-refractivity contribution in [2.45, 2.75) is 59.4 Å². The molecule has 0 heterocycles. The number of carboxylic acid groups (broad SMARTS) is 1. The number of rotatable bonds is 3. The van der Waals surface area contributed by atoms with E-state index >= 15 is 0 Å². The predicted octanol–water partition coefficient (Wildman–Crippen LogP) is 4.71. The Labute approximate surface area is 127 Å². The normalized spacial score (nSPS) is 22.9. The van der Waals surface area contributed by atoms with Crippen molar-refractivity contribution in [3.8, 4) is 0 Å². The van der Waals surface area contributed by atoms with E-state index in [1.54, 1.807) is 12.1 Å². The van der Waals surface area contributed by atoms with Crippen LogP contribution in [0.25, 0.3) is 0 Å². The van der Waals surface area contributed by atoms with Crippen LogP contribution < -0.4 is 5.32 Å². The molecule has 0 aromatic heterocycles. The lowest BCUT2D eigenvalue weighted by molar-refractivity contribution is 0.0697. The molecule has 1 aliphatic carbocycles. The third-order valence-corrected chi connectivity index (χ3v) is 4.69. The van der Waals surface area contributed by atoms with Gasteiger partial charge in [-0.3, -0.25) is 0 Å². The number of hydrogen-bond donors (Lipinski definition) is 2. The minimum atomic E-state index is -0.866. The molecular formula is C18H27NO2. The summed E-state index contributed by atoms with van der Waals surface area (Å²) in [6.45, 7) is 8.93. The lowest BCUT2D eigenvalue weighted by Gasteiger charge is -2.41. The number of carboxylic acids is 1. The van der Waals surface area contributed by atoms with Gasteiger partial charge in [-0.05, 0) is 54.9 Å². The third-order valence-electron chi connectivity index (χ3n) is 4.69. The highest BCUT2D eigenvalue weighted by Gasteiger charge is 2.34. The van der Waals surface area contributed by atoms with E-state index < -0.39 is 5.97 Å². The van der Waals surface area contributed by atoms with Crippen molar-refractivity contribution in [1.29, 1.82) is 0 Å². The van der Waals surface area contributed by atoms with Crippen LogP contribution >= 0.6 is 0 Å². The smallest absolute Gasteiger partial charge is 0.335 e. The van der Waals surface area contributed by atoms with E-state index in [-0.39, 0.29) is 0 Å². The molecule has 1 fully saturated rings. The molecular weight excluding hydrogens is 262 g/mol. The molecule has 0 amide bonds. The average molecular weight is 289 g/mol. The van der Waals surface area contributed by atoms with Gasteiger partial charge in [0.2, 0.25) is 0 Å². The maximum Gasteiger partial charge on any atom is 0.335 e. The number of aryl methyl sites for hydroxylation is 1. The maximum absolute atomic E-state index is 11.0. The molecule has 0 radical (unpaired) electrons. The van der Waals surface area contributed by atoms with Crippen molar-refractivity contribution >= 4 is 11.7 Å². The highest BCUT2D eigenvalue weighted by Crippen LogP contribution is 2.39. The SMILES string of the molecule is Cc1cc(C(=O)O)ccc1NC1CCCCC1C(C)(C)C. The summed E-state index contributed by atoms with van der Waals surface area (Å²) >= 11 is 0. The van der Waals surface area contributed by atoms with Crippen LogP contribution in [0.1, 0.15) is 62.4 Å². The Hall–Kier alpha value is -1.51.